The molecule has 0 atom stereocenters. The van der Waals surface area contributed by atoms with Crippen LogP contribution < -0.4 is 40.7 Å². The van der Waals surface area contributed by atoms with Gasteiger partial charge in [-0.05, 0) is 80.6 Å². The van der Waals surface area contributed by atoms with E-state index in [0.717, 1.165) is 81.0 Å². The number of piperazine rings is 1. The summed E-state index contributed by atoms with van der Waals surface area (Å²) < 4.78 is 18.7. The van der Waals surface area contributed by atoms with E-state index < -0.39 is 7.14 Å². The van der Waals surface area contributed by atoms with E-state index in [1.54, 1.807) is 25.3 Å². The van der Waals surface area contributed by atoms with Crippen molar-refractivity contribution in [2.75, 3.05) is 98.1 Å². The number of hydrogen-bond acceptors (Lipinski definition) is 11. The molecule has 7 rings (SSSR count). The van der Waals surface area contributed by atoms with Gasteiger partial charge in [-0.1, -0.05) is 23.7 Å². The molecule has 284 valence electrons. The highest BCUT2D eigenvalue weighted by atomic mass is 35.5. The molecule has 3 aromatic carbocycles. The monoisotopic (exact) mass is 771 g/mol. The van der Waals surface area contributed by atoms with E-state index in [1.807, 2.05) is 48.5 Å². The average molecular weight is 772 g/mol. The number of halogens is 1. The van der Waals surface area contributed by atoms with E-state index in [4.69, 9.17) is 16.3 Å². The van der Waals surface area contributed by atoms with Gasteiger partial charge in [-0.3, -0.25) is 19.9 Å². The highest BCUT2D eigenvalue weighted by molar-refractivity contribution is 7.70. The van der Waals surface area contributed by atoms with Crippen molar-refractivity contribution in [2.24, 2.45) is 5.92 Å². The molecule has 0 spiro atoms. The normalized spacial score (nSPS) is 17.4. The van der Waals surface area contributed by atoms with Crippen molar-refractivity contribution in [1.82, 2.24) is 20.2 Å². The molecule has 0 unspecified atom stereocenters. The molecule has 0 saturated carbocycles. The largest absolute Gasteiger partial charge is 0.494 e. The third kappa shape index (κ3) is 8.75. The van der Waals surface area contributed by atoms with Gasteiger partial charge >= 0.3 is 6.03 Å². The summed E-state index contributed by atoms with van der Waals surface area (Å²) in [5, 5.41) is 9.99. The maximum absolute atomic E-state index is 12.9. The van der Waals surface area contributed by atoms with Gasteiger partial charge in [0, 0.05) is 87.2 Å². The van der Waals surface area contributed by atoms with Crippen molar-refractivity contribution in [3.8, 4) is 5.75 Å². The number of piperidine rings is 1. The van der Waals surface area contributed by atoms with Crippen molar-refractivity contribution in [2.45, 2.75) is 19.3 Å². The van der Waals surface area contributed by atoms with E-state index >= 15 is 0 Å². The number of urea groups is 1. The van der Waals surface area contributed by atoms with E-state index in [0.29, 0.717) is 47.1 Å². The maximum atomic E-state index is 12.9. The molecule has 3 N–H and O–H groups in total. The molecule has 3 saturated heterocycles. The second-order valence-electron chi connectivity index (χ2n) is 14.4. The van der Waals surface area contributed by atoms with Crippen LogP contribution in [0.5, 0.6) is 5.75 Å². The maximum Gasteiger partial charge on any atom is 0.328 e. The summed E-state index contributed by atoms with van der Waals surface area (Å²) in [6.45, 7) is 10.9. The number of hydrogen-bond donors (Lipinski definition) is 3. The van der Waals surface area contributed by atoms with Gasteiger partial charge in [0.1, 0.15) is 17.9 Å². The quantitative estimate of drug-likeness (QED) is 0.147. The van der Waals surface area contributed by atoms with Crippen LogP contribution in [0, 0.1) is 5.92 Å². The summed E-state index contributed by atoms with van der Waals surface area (Å²) >= 11 is 6.47. The number of methoxy groups -OCH3 is 1. The molecule has 0 aliphatic carbocycles. The number of imide groups is 1. The van der Waals surface area contributed by atoms with Crippen LogP contribution in [0.3, 0.4) is 0 Å². The molecule has 3 fully saturated rings. The molecule has 3 aliphatic heterocycles. The molecular formula is C39H47ClN9O4P. The average Bonchev–Trinajstić information content (AvgIpc) is 3.17. The number of para-hydroxylation sites is 1. The SMILES string of the molecule is COc1cc(N2CCN(CC3CCN(c4ccc(N5CCC(=O)NC5=O)cc4)CC3)CC2)ccc1Nc1ncc(Cl)c(Nc2ccccc2P(C)(C)=O)n1. The van der Waals surface area contributed by atoms with Gasteiger partial charge < -0.3 is 29.7 Å². The van der Waals surface area contributed by atoms with Crippen LogP contribution in [0.15, 0.2) is 72.9 Å². The second-order valence-corrected chi connectivity index (χ2v) is 18.0. The van der Waals surface area contributed by atoms with Gasteiger partial charge in [-0.2, -0.15) is 4.98 Å². The number of nitrogens with one attached hydrogen (secondary N) is 3. The van der Waals surface area contributed by atoms with Gasteiger partial charge in [-0.15, -0.1) is 0 Å². The van der Waals surface area contributed by atoms with Crippen LogP contribution in [0.1, 0.15) is 19.3 Å². The lowest BCUT2D eigenvalue weighted by molar-refractivity contribution is -0.120. The first-order chi connectivity index (χ1) is 26.0. The van der Waals surface area contributed by atoms with Crippen LogP contribution in [-0.2, 0) is 9.36 Å². The summed E-state index contributed by atoms with van der Waals surface area (Å²) in [7, 11) is -0.882. The molecule has 54 heavy (non-hydrogen) atoms. The first kappa shape index (κ1) is 37.5. The summed E-state index contributed by atoms with van der Waals surface area (Å²) in [4.78, 5) is 41.8. The van der Waals surface area contributed by atoms with Crippen molar-refractivity contribution < 1.29 is 18.9 Å². The van der Waals surface area contributed by atoms with E-state index in [2.05, 4.69) is 58.8 Å². The zero-order valence-electron chi connectivity index (χ0n) is 30.9. The first-order valence-corrected chi connectivity index (χ1v) is 21.3. The Kier molecular flexibility index (Phi) is 11.3. The van der Waals surface area contributed by atoms with Crippen molar-refractivity contribution in [3.05, 3.63) is 77.9 Å². The molecule has 0 bridgehead atoms. The van der Waals surface area contributed by atoms with E-state index in [9.17, 15) is 14.2 Å². The minimum atomic E-state index is -2.54. The van der Waals surface area contributed by atoms with Gasteiger partial charge in [0.05, 0.1) is 24.7 Å². The molecule has 4 heterocycles. The molecule has 0 radical (unpaired) electrons. The molecule has 1 aromatic heterocycles. The lowest BCUT2D eigenvalue weighted by Crippen LogP contribution is -2.49. The third-order valence-corrected chi connectivity index (χ3v) is 12.2. The van der Waals surface area contributed by atoms with Crippen molar-refractivity contribution in [3.63, 3.8) is 0 Å². The highest BCUT2D eigenvalue weighted by Gasteiger charge is 2.27. The number of rotatable bonds is 11. The first-order valence-electron chi connectivity index (χ1n) is 18.4. The lowest BCUT2D eigenvalue weighted by Gasteiger charge is -2.40. The molecular weight excluding hydrogens is 725 g/mol. The zero-order chi connectivity index (χ0) is 37.8. The Balaban J connectivity index is 0.898. The fraction of sp³-hybridized carbons (Fsp3) is 0.385. The number of amides is 3. The topological polar surface area (TPSA) is 135 Å². The summed E-state index contributed by atoms with van der Waals surface area (Å²) in [6, 6.07) is 21.3. The molecule has 3 aliphatic rings. The Hall–Kier alpha value is -4.84. The lowest BCUT2D eigenvalue weighted by atomic mass is 9.95. The van der Waals surface area contributed by atoms with Crippen LogP contribution >= 0.6 is 18.7 Å². The summed E-state index contributed by atoms with van der Waals surface area (Å²) in [5.74, 6) is 1.88. The van der Waals surface area contributed by atoms with Crippen molar-refractivity contribution in [1.29, 1.82) is 0 Å². The molecule has 3 amide bonds. The molecule has 13 nitrogen and oxygen atoms in total. The standard InChI is InChI=1S/C39H47ClN9O4P/c1-53-34-24-30(12-13-32(34)43-38-41-25-31(40)37(45-38)42-33-6-4-5-7-35(33)54(2,3)52)48-22-20-46(21-23-48)26-27-14-17-47(18-15-27)28-8-10-29(11-9-28)49-19-16-36(50)44-39(49)51/h4-13,24-25,27H,14-23,26H2,1-3H3,(H,44,50,51)(H2,41,42,43,45). The Labute approximate surface area is 321 Å². The number of anilines is 7. The number of benzene rings is 3. The number of ether oxygens (including phenoxy) is 1. The van der Waals surface area contributed by atoms with Crippen LogP contribution in [0.4, 0.5) is 45.0 Å². The predicted octanol–water partition coefficient (Wildman–Crippen LogP) is 6.36. The third-order valence-electron chi connectivity index (χ3n) is 10.4. The van der Waals surface area contributed by atoms with Gasteiger partial charge in [0.2, 0.25) is 11.9 Å². The number of carbonyl (C=O) groups excluding carboxylic acids is 2. The van der Waals surface area contributed by atoms with Crippen LogP contribution in [0.25, 0.3) is 0 Å². The minimum absolute atomic E-state index is 0.222. The van der Waals surface area contributed by atoms with Crippen molar-refractivity contribution >= 4 is 76.2 Å². The fourth-order valence-electron chi connectivity index (χ4n) is 7.37. The van der Waals surface area contributed by atoms with Gasteiger partial charge in [0.15, 0.2) is 5.82 Å². The fourth-order valence-corrected chi connectivity index (χ4v) is 8.67. The van der Waals surface area contributed by atoms with E-state index in [1.165, 1.54) is 11.9 Å². The zero-order valence-corrected chi connectivity index (χ0v) is 32.6. The minimum Gasteiger partial charge on any atom is -0.494 e. The van der Waals surface area contributed by atoms with Crippen LogP contribution in [-0.4, -0.2) is 99.6 Å². The Bertz CT molecular complexity index is 2030. The summed E-state index contributed by atoms with van der Waals surface area (Å²) in [6.07, 6.45) is 4.14. The predicted molar refractivity (Wildman–Crippen MR) is 218 cm³/mol. The molecule has 15 heteroatoms. The highest BCUT2D eigenvalue weighted by Crippen LogP contribution is 2.39. The Morgan fingerprint density at radius 2 is 1.54 bits per heavy atom. The summed E-state index contributed by atoms with van der Waals surface area (Å²) in [5.41, 5.74) is 4.50. The van der Waals surface area contributed by atoms with E-state index in [-0.39, 0.29) is 11.9 Å². The van der Waals surface area contributed by atoms with Gasteiger partial charge in [-0.25, -0.2) is 9.78 Å². The number of nitrogens with zero attached hydrogens (tertiary/aromatic N) is 6. The second kappa shape index (κ2) is 16.3. The Morgan fingerprint density at radius 3 is 2.24 bits per heavy atom. The Morgan fingerprint density at radius 1 is 0.852 bits per heavy atom. The smallest absolute Gasteiger partial charge is 0.328 e. The molecule has 4 aromatic rings. The van der Waals surface area contributed by atoms with Crippen LogP contribution in [0.2, 0.25) is 5.02 Å². The number of aromatic nitrogens is 2. The van der Waals surface area contributed by atoms with Gasteiger partial charge in [0.25, 0.3) is 0 Å². The number of carbonyl (C=O) groups is 2.